The standard InChI is InChI=1S/C14H24N4O2/c1-17(2)13(19)9-14(11-20-3)6-4-8-18(14)10-12-5-7-15-16-12/h5,7H,4,6,8-11H2,1-3H3,(H,15,16)/t14-/m0/s1. The Hall–Kier alpha value is -1.40. The van der Waals surface area contributed by atoms with Crippen LogP contribution in [0.3, 0.4) is 0 Å². The van der Waals surface area contributed by atoms with E-state index in [2.05, 4.69) is 15.1 Å². The number of amides is 1. The van der Waals surface area contributed by atoms with Gasteiger partial charge >= 0.3 is 0 Å². The van der Waals surface area contributed by atoms with Gasteiger partial charge in [-0.2, -0.15) is 5.10 Å². The summed E-state index contributed by atoms with van der Waals surface area (Å²) in [5, 5.41) is 6.98. The molecule has 1 amide bonds. The molecule has 1 saturated heterocycles. The first kappa shape index (κ1) is 15.0. The molecule has 1 fully saturated rings. The van der Waals surface area contributed by atoms with Crippen molar-refractivity contribution in [1.82, 2.24) is 20.0 Å². The average molecular weight is 280 g/mol. The van der Waals surface area contributed by atoms with Crippen molar-refractivity contribution in [2.45, 2.75) is 31.3 Å². The van der Waals surface area contributed by atoms with Gasteiger partial charge in [-0.05, 0) is 25.5 Å². The number of carbonyl (C=O) groups excluding carboxylic acids is 1. The molecule has 1 aliphatic rings. The van der Waals surface area contributed by atoms with Gasteiger partial charge in [0, 0.05) is 46.1 Å². The molecule has 2 heterocycles. The summed E-state index contributed by atoms with van der Waals surface area (Å²) in [4.78, 5) is 16.2. The minimum absolute atomic E-state index is 0.151. The van der Waals surface area contributed by atoms with Crippen molar-refractivity contribution in [2.75, 3.05) is 34.4 Å². The number of rotatable bonds is 6. The highest BCUT2D eigenvalue weighted by Gasteiger charge is 2.43. The summed E-state index contributed by atoms with van der Waals surface area (Å²) in [6.45, 7) is 2.36. The van der Waals surface area contributed by atoms with Crippen molar-refractivity contribution in [3.63, 3.8) is 0 Å². The molecule has 0 aliphatic carbocycles. The van der Waals surface area contributed by atoms with Gasteiger partial charge in [-0.15, -0.1) is 0 Å². The van der Waals surface area contributed by atoms with Crippen LogP contribution in [0, 0.1) is 0 Å². The van der Waals surface area contributed by atoms with Crippen molar-refractivity contribution in [1.29, 1.82) is 0 Å². The van der Waals surface area contributed by atoms with Crippen LogP contribution in [0.4, 0.5) is 0 Å². The van der Waals surface area contributed by atoms with E-state index in [1.807, 2.05) is 6.07 Å². The fourth-order valence-electron chi connectivity index (χ4n) is 2.94. The Morgan fingerprint density at radius 3 is 3.00 bits per heavy atom. The lowest BCUT2D eigenvalue weighted by atomic mass is 9.92. The van der Waals surface area contributed by atoms with E-state index in [1.165, 1.54) is 0 Å². The first-order valence-electron chi connectivity index (χ1n) is 7.00. The van der Waals surface area contributed by atoms with E-state index < -0.39 is 0 Å². The Morgan fingerprint density at radius 2 is 2.40 bits per heavy atom. The largest absolute Gasteiger partial charge is 0.383 e. The van der Waals surface area contributed by atoms with Gasteiger partial charge in [0.25, 0.3) is 0 Å². The number of ether oxygens (including phenoxy) is 1. The van der Waals surface area contributed by atoms with Crippen LogP contribution in [0.5, 0.6) is 0 Å². The Bertz CT molecular complexity index is 432. The van der Waals surface area contributed by atoms with E-state index in [-0.39, 0.29) is 11.4 Å². The third-order valence-corrected chi connectivity index (χ3v) is 4.05. The fraction of sp³-hybridized carbons (Fsp3) is 0.714. The summed E-state index contributed by atoms with van der Waals surface area (Å²) >= 11 is 0. The van der Waals surface area contributed by atoms with Crippen LogP contribution >= 0.6 is 0 Å². The Balaban J connectivity index is 2.13. The normalized spacial score (nSPS) is 23.1. The van der Waals surface area contributed by atoms with E-state index in [9.17, 15) is 4.79 Å². The van der Waals surface area contributed by atoms with Gasteiger partial charge in [-0.3, -0.25) is 14.8 Å². The number of carbonyl (C=O) groups is 1. The van der Waals surface area contributed by atoms with Gasteiger partial charge in [-0.1, -0.05) is 0 Å². The van der Waals surface area contributed by atoms with E-state index in [0.29, 0.717) is 13.0 Å². The number of aromatic nitrogens is 2. The van der Waals surface area contributed by atoms with Crippen molar-refractivity contribution < 1.29 is 9.53 Å². The van der Waals surface area contributed by atoms with Crippen molar-refractivity contribution in [3.8, 4) is 0 Å². The zero-order valence-corrected chi connectivity index (χ0v) is 12.6. The van der Waals surface area contributed by atoms with Crippen LogP contribution in [0.2, 0.25) is 0 Å². The first-order valence-corrected chi connectivity index (χ1v) is 7.00. The zero-order valence-electron chi connectivity index (χ0n) is 12.6. The maximum atomic E-state index is 12.2. The van der Waals surface area contributed by atoms with Crippen LogP contribution in [0.15, 0.2) is 12.3 Å². The molecule has 0 unspecified atom stereocenters. The van der Waals surface area contributed by atoms with E-state index in [4.69, 9.17) is 4.74 Å². The number of hydrogen-bond acceptors (Lipinski definition) is 4. The lowest BCUT2D eigenvalue weighted by Crippen LogP contribution is -2.50. The smallest absolute Gasteiger partial charge is 0.224 e. The number of nitrogens with one attached hydrogen (secondary N) is 1. The van der Waals surface area contributed by atoms with E-state index >= 15 is 0 Å². The lowest BCUT2D eigenvalue weighted by molar-refractivity contribution is -0.132. The molecule has 1 atom stereocenters. The fourth-order valence-corrected chi connectivity index (χ4v) is 2.94. The van der Waals surface area contributed by atoms with Crippen molar-refractivity contribution in [3.05, 3.63) is 18.0 Å². The SMILES string of the molecule is COC[C@@]1(CC(=O)N(C)C)CCCN1Cc1ccn[nH]1. The van der Waals surface area contributed by atoms with Crippen LogP contribution in [0.1, 0.15) is 25.0 Å². The van der Waals surface area contributed by atoms with E-state index in [1.54, 1.807) is 32.3 Å². The number of methoxy groups -OCH3 is 1. The molecule has 1 aromatic heterocycles. The monoisotopic (exact) mass is 280 g/mol. The molecule has 0 radical (unpaired) electrons. The van der Waals surface area contributed by atoms with Crippen LogP contribution in [-0.2, 0) is 16.1 Å². The molecule has 0 spiro atoms. The molecule has 2 rings (SSSR count). The number of aromatic amines is 1. The highest BCUT2D eigenvalue weighted by atomic mass is 16.5. The molecular weight excluding hydrogens is 256 g/mol. The summed E-state index contributed by atoms with van der Waals surface area (Å²) in [5.41, 5.74) is 0.881. The van der Waals surface area contributed by atoms with Crippen molar-refractivity contribution in [2.24, 2.45) is 0 Å². The topological polar surface area (TPSA) is 61.5 Å². The highest BCUT2D eigenvalue weighted by molar-refractivity contribution is 5.77. The summed E-state index contributed by atoms with van der Waals surface area (Å²) in [6.07, 6.45) is 4.35. The first-order chi connectivity index (χ1) is 9.57. The average Bonchev–Trinajstić information content (AvgIpc) is 3.02. The Labute approximate surface area is 120 Å². The summed E-state index contributed by atoms with van der Waals surface area (Å²) in [5.74, 6) is 0.151. The number of hydrogen-bond donors (Lipinski definition) is 1. The predicted molar refractivity (Wildman–Crippen MR) is 76.1 cm³/mol. The molecule has 1 N–H and O–H groups in total. The molecule has 20 heavy (non-hydrogen) atoms. The molecule has 0 bridgehead atoms. The molecule has 6 nitrogen and oxygen atoms in total. The van der Waals surface area contributed by atoms with Gasteiger partial charge in [-0.25, -0.2) is 0 Å². The maximum Gasteiger partial charge on any atom is 0.224 e. The minimum atomic E-state index is -0.193. The third kappa shape index (κ3) is 3.19. The predicted octanol–water partition coefficient (Wildman–Crippen LogP) is 0.869. The molecule has 112 valence electrons. The number of likely N-dealkylation sites (tertiary alicyclic amines) is 1. The molecule has 1 aliphatic heterocycles. The Morgan fingerprint density at radius 1 is 1.60 bits per heavy atom. The second-order valence-electron chi connectivity index (χ2n) is 5.73. The summed E-state index contributed by atoms with van der Waals surface area (Å²) in [6, 6.07) is 1.98. The van der Waals surface area contributed by atoms with Crippen LogP contribution in [0.25, 0.3) is 0 Å². The lowest BCUT2D eigenvalue weighted by Gasteiger charge is -2.38. The van der Waals surface area contributed by atoms with Crippen LogP contribution < -0.4 is 0 Å². The highest BCUT2D eigenvalue weighted by Crippen LogP contribution is 2.34. The van der Waals surface area contributed by atoms with Gasteiger partial charge in [0.1, 0.15) is 0 Å². The van der Waals surface area contributed by atoms with Crippen LogP contribution in [-0.4, -0.2) is 65.8 Å². The molecular formula is C14H24N4O2. The van der Waals surface area contributed by atoms with Crippen molar-refractivity contribution >= 4 is 5.91 Å². The minimum Gasteiger partial charge on any atom is -0.383 e. The van der Waals surface area contributed by atoms with Gasteiger partial charge in [0.05, 0.1) is 12.1 Å². The zero-order chi connectivity index (χ0) is 14.6. The second kappa shape index (κ2) is 6.37. The summed E-state index contributed by atoms with van der Waals surface area (Å²) < 4.78 is 5.42. The summed E-state index contributed by atoms with van der Waals surface area (Å²) in [7, 11) is 5.31. The Kier molecular flexibility index (Phi) is 4.77. The molecule has 1 aromatic rings. The van der Waals surface area contributed by atoms with E-state index in [0.717, 1.165) is 31.6 Å². The van der Waals surface area contributed by atoms with Gasteiger partial charge in [0.2, 0.25) is 5.91 Å². The quantitative estimate of drug-likeness (QED) is 0.840. The molecule has 0 saturated carbocycles. The third-order valence-electron chi connectivity index (χ3n) is 4.05. The second-order valence-corrected chi connectivity index (χ2v) is 5.73. The molecule has 6 heteroatoms. The number of nitrogens with zero attached hydrogens (tertiary/aromatic N) is 3. The van der Waals surface area contributed by atoms with Gasteiger partial charge < -0.3 is 9.64 Å². The maximum absolute atomic E-state index is 12.2. The number of H-pyrrole nitrogens is 1. The van der Waals surface area contributed by atoms with Gasteiger partial charge in [0.15, 0.2) is 0 Å². The molecule has 0 aromatic carbocycles.